The van der Waals surface area contributed by atoms with Crippen LogP contribution >= 0.6 is 28.1 Å². The van der Waals surface area contributed by atoms with Crippen molar-refractivity contribution in [3.8, 4) is 0 Å². The highest BCUT2D eigenvalue weighted by atomic mass is 79.9. The van der Waals surface area contributed by atoms with E-state index in [9.17, 15) is 14.4 Å². The van der Waals surface area contributed by atoms with Gasteiger partial charge in [-0.1, -0.05) is 15.9 Å². The van der Waals surface area contributed by atoms with E-state index in [1.165, 1.54) is 6.08 Å². The van der Waals surface area contributed by atoms with Crippen molar-refractivity contribution in [2.45, 2.75) is 6.54 Å². The van der Waals surface area contributed by atoms with Crippen LogP contribution in [0.1, 0.15) is 5.56 Å². The van der Waals surface area contributed by atoms with Gasteiger partial charge in [0.1, 0.15) is 12.1 Å². The topological polar surface area (TPSA) is 101 Å². The van der Waals surface area contributed by atoms with E-state index >= 15 is 0 Å². The van der Waals surface area contributed by atoms with Gasteiger partial charge in [0.15, 0.2) is 5.11 Å². The van der Waals surface area contributed by atoms with Gasteiger partial charge in [0.05, 0.1) is 6.61 Å². The highest BCUT2D eigenvalue weighted by Gasteiger charge is 2.26. The number of hydrogen-bond acceptors (Lipinski definition) is 5. The number of nitrogens with one attached hydrogen (secondary N) is 3. The molecule has 8 nitrogen and oxygen atoms in total. The molecule has 28 heavy (non-hydrogen) atoms. The molecule has 2 aromatic rings. The van der Waals surface area contributed by atoms with Crippen LogP contribution in [0.25, 0.3) is 17.0 Å². The van der Waals surface area contributed by atoms with E-state index in [1.54, 1.807) is 17.9 Å². The summed E-state index contributed by atoms with van der Waals surface area (Å²) in [6, 6.07) is 5.58. The van der Waals surface area contributed by atoms with E-state index in [0.29, 0.717) is 18.7 Å². The van der Waals surface area contributed by atoms with Gasteiger partial charge in [-0.3, -0.25) is 25.0 Å². The number of benzene rings is 1. The fourth-order valence-electron chi connectivity index (χ4n) is 2.81. The molecule has 0 bridgehead atoms. The molecule has 2 heterocycles. The lowest BCUT2D eigenvalue weighted by molar-refractivity contribution is -0.123. The standard InChI is InChI=1S/C18H17BrN4O4S/c1-27-5-4-20-15(24)9-23-8-10(12-7-11(19)2-3-14(12)23)6-13-16(25)21-18(28)22-17(13)26/h2-3,6-8H,4-5,9H2,1H3,(H,20,24)(H2,21,22,25,26,28). The van der Waals surface area contributed by atoms with Gasteiger partial charge in [0.25, 0.3) is 11.8 Å². The molecule has 10 heteroatoms. The zero-order chi connectivity index (χ0) is 20.3. The Labute approximate surface area is 174 Å². The van der Waals surface area contributed by atoms with Crippen LogP contribution in [-0.4, -0.2) is 47.7 Å². The first kappa shape index (κ1) is 20.2. The Bertz CT molecular complexity index is 992. The van der Waals surface area contributed by atoms with Gasteiger partial charge in [-0.2, -0.15) is 0 Å². The van der Waals surface area contributed by atoms with Crippen LogP contribution in [0.5, 0.6) is 0 Å². The fraction of sp³-hybridized carbons (Fsp3) is 0.222. The van der Waals surface area contributed by atoms with Gasteiger partial charge in [0.2, 0.25) is 5.91 Å². The number of nitrogens with zero attached hydrogens (tertiary/aromatic N) is 1. The Morgan fingerprint density at radius 3 is 2.71 bits per heavy atom. The van der Waals surface area contributed by atoms with Crippen molar-refractivity contribution in [3.05, 3.63) is 40.0 Å². The van der Waals surface area contributed by atoms with Crippen LogP contribution in [0.15, 0.2) is 34.4 Å². The molecular formula is C18H17BrN4O4S. The first-order chi connectivity index (χ1) is 13.4. The van der Waals surface area contributed by atoms with Crippen molar-refractivity contribution in [1.29, 1.82) is 0 Å². The average Bonchev–Trinajstić information content (AvgIpc) is 2.95. The Morgan fingerprint density at radius 2 is 2.04 bits per heavy atom. The van der Waals surface area contributed by atoms with Crippen LogP contribution in [-0.2, 0) is 25.7 Å². The van der Waals surface area contributed by atoms with Gasteiger partial charge in [0, 0.05) is 40.8 Å². The summed E-state index contributed by atoms with van der Waals surface area (Å²) in [5, 5.41) is 8.35. The summed E-state index contributed by atoms with van der Waals surface area (Å²) >= 11 is 8.24. The van der Waals surface area contributed by atoms with Gasteiger partial charge in [-0.25, -0.2) is 0 Å². The summed E-state index contributed by atoms with van der Waals surface area (Å²) in [7, 11) is 1.56. The quantitative estimate of drug-likeness (QED) is 0.257. The molecular weight excluding hydrogens is 448 g/mol. The number of fused-ring (bicyclic) bond motifs is 1. The molecule has 1 aromatic heterocycles. The SMILES string of the molecule is COCCNC(=O)Cn1cc(C=C2C(=O)NC(=S)NC2=O)c2cc(Br)ccc21. The van der Waals surface area contributed by atoms with Gasteiger partial charge in [-0.05, 0) is 36.5 Å². The zero-order valence-corrected chi connectivity index (χ0v) is 17.3. The predicted octanol–water partition coefficient (Wildman–Crippen LogP) is 1.08. The monoisotopic (exact) mass is 464 g/mol. The number of methoxy groups -OCH3 is 1. The molecule has 0 aliphatic carbocycles. The Kier molecular flexibility index (Phi) is 6.22. The molecule has 3 rings (SSSR count). The summed E-state index contributed by atoms with van der Waals surface area (Å²) in [6.45, 7) is 0.930. The lowest BCUT2D eigenvalue weighted by Gasteiger charge is -2.16. The minimum Gasteiger partial charge on any atom is -0.383 e. The molecule has 0 spiro atoms. The predicted molar refractivity (Wildman–Crippen MR) is 111 cm³/mol. The highest BCUT2D eigenvalue weighted by molar-refractivity contribution is 9.10. The van der Waals surface area contributed by atoms with Crippen molar-refractivity contribution in [3.63, 3.8) is 0 Å². The summed E-state index contributed by atoms with van der Waals surface area (Å²) in [5.41, 5.74) is 1.37. The van der Waals surface area contributed by atoms with Crippen molar-refractivity contribution in [2.75, 3.05) is 20.3 Å². The molecule has 3 N–H and O–H groups in total. The van der Waals surface area contributed by atoms with Crippen molar-refractivity contribution < 1.29 is 19.1 Å². The smallest absolute Gasteiger partial charge is 0.263 e. The Morgan fingerprint density at radius 1 is 1.32 bits per heavy atom. The fourth-order valence-corrected chi connectivity index (χ4v) is 3.35. The van der Waals surface area contributed by atoms with Crippen LogP contribution < -0.4 is 16.0 Å². The van der Waals surface area contributed by atoms with E-state index < -0.39 is 11.8 Å². The first-order valence-electron chi connectivity index (χ1n) is 8.31. The van der Waals surface area contributed by atoms with Gasteiger partial charge < -0.3 is 14.6 Å². The minimum absolute atomic E-state index is 0.0231. The molecule has 146 valence electrons. The Hall–Kier alpha value is -2.56. The molecule has 0 atom stereocenters. The number of hydrogen-bond donors (Lipinski definition) is 3. The van der Waals surface area contributed by atoms with Crippen molar-refractivity contribution >= 4 is 68.0 Å². The van der Waals surface area contributed by atoms with E-state index in [1.807, 2.05) is 18.2 Å². The maximum atomic E-state index is 12.2. The van der Waals surface area contributed by atoms with E-state index in [0.717, 1.165) is 15.4 Å². The maximum absolute atomic E-state index is 12.2. The van der Waals surface area contributed by atoms with Crippen molar-refractivity contribution in [1.82, 2.24) is 20.5 Å². The summed E-state index contributed by atoms with van der Waals surface area (Å²) in [5.74, 6) is -1.31. The summed E-state index contributed by atoms with van der Waals surface area (Å²) < 4.78 is 7.52. The van der Waals surface area contributed by atoms with E-state index in [2.05, 4.69) is 31.9 Å². The van der Waals surface area contributed by atoms with Gasteiger partial charge >= 0.3 is 0 Å². The highest BCUT2D eigenvalue weighted by Crippen LogP contribution is 2.27. The lowest BCUT2D eigenvalue weighted by Crippen LogP contribution is -2.51. The molecule has 3 amide bonds. The lowest BCUT2D eigenvalue weighted by atomic mass is 10.1. The number of carbonyl (C=O) groups excluding carboxylic acids is 3. The number of amides is 3. The van der Waals surface area contributed by atoms with E-state index in [4.69, 9.17) is 17.0 Å². The minimum atomic E-state index is -0.568. The molecule has 1 aliphatic heterocycles. The van der Waals surface area contributed by atoms with Gasteiger partial charge in [-0.15, -0.1) is 0 Å². The third-order valence-electron chi connectivity index (χ3n) is 4.06. The Balaban J connectivity index is 1.97. The molecule has 0 unspecified atom stereocenters. The number of thiocarbonyl (C=S) groups is 1. The van der Waals surface area contributed by atoms with E-state index in [-0.39, 0.29) is 23.1 Å². The van der Waals surface area contributed by atoms with Crippen LogP contribution in [0.2, 0.25) is 0 Å². The first-order valence-corrected chi connectivity index (χ1v) is 9.51. The molecule has 1 fully saturated rings. The average molecular weight is 465 g/mol. The summed E-state index contributed by atoms with van der Waals surface area (Å²) in [4.78, 5) is 36.5. The maximum Gasteiger partial charge on any atom is 0.263 e. The number of halogens is 1. The molecule has 0 saturated carbocycles. The van der Waals surface area contributed by atoms with Crippen LogP contribution in [0.4, 0.5) is 0 Å². The van der Waals surface area contributed by atoms with Crippen LogP contribution in [0, 0.1) is 0 Å². The largest absolute Gasteiger partial charge is 0.383 e. The molecule has 1 aliphatic rings. The number of aromatic nitrogens is 1. The second kappa shape index (κ2) is 8.63. The third-order valence-corrected chi connectivity index (χ3v) is 4.76. The normalized spacial score (nSPS) is 14.1. The molecule has 0 radical (unpaired) electrons. The zero-order valence-electron chi connectivity index (χ0n) is 14.9. The van der Waals surface area contributed by atoms with Crippen molar-refractivity contribution in [2.24, 2.45) is 0 Å². The summed E-state index contributed by atoms with van der Waals surface area (Å²) in [6.07, 6.45) is 3.22. The van der Waals surface area contributed by atoms with Crippen LogP contribution in [0.3, 0.4) is 0 Å². The number of ether oxygens (including phenoxy) is 1. The second-order valence-corrected chi connectivity index (χ2v) is 7.34. The third kappa shape index (κ3) is 4.46. The molecule has 1 aromatic carbocycles. The number of rotatable bonds is 6. The molecule has 1 saturated heterocycles. The number of carbonyl (C=O) groups is 3. The second-order valence-electron chi connectivity index (χ2n) is 6.01.